The molecule has 0 saturated heterocycles. The summed E-state index contributed by atoms with van der Waals surface area (Å²) in [6.07, 6.45) is 0. The van der Waals surface area contributed by atoms with E-state index in [1.54, 1.807) is 7.05 Å². The van der Waals surface area contributed by atoms with Gasteiger partial charge in [-0.3, -0.25) is 4.79 Å². The zero-order valence-electron chi connectivity index (χ0n) is 13.4. The second-order valence-electron chi connectivity index (χ2n) is 5.61. The minimum atomic E-state index is -0.936. The number of benzene rings is 2. The summed E-state index contributed by atoms with van der Waals surface area (Å²) < 4.78 is 0. The van der Waals surface area contributed by atoms with Gasteiger partial charge in [0.05, 0.1) is 11.2 Å². The summed E-state index contributed by atoms with van der Waals surface area (Å²) in [7, 11) is 1.67. The van der Waals surface area contributed by atoms with Crippen LogP contribution in [-0.2, 0) is 4.79 Å². The molecule has 126 valence electrons. The van der Waals surface area contributed by atoms with Crippen molar-refractivity contribution in [2.45, 2.75) is 0 Å². The van der Waals surface area contributed by atoms with E-state index < -0.39 is 5.97 Å². The predicted molar refractivity (Wildman–Crippen MR) is 104 cm³/mol. The smallest absolute Gasteiger partial charge is 0.323 e. The Morgan fingerprint density at radius 3 is 2.60 bits per heavy atom. The standard InChI is InChI=1S/C19H15ClN2O2S/c1-22(11-18(23)24)19(25)14-10-17(13-7-2-4-8-15(13)20)21-16-9-5-3-6-12(14)16/h2-10H,11H2,1H3,(H,23,24). The predicted octanol–water partition coefficient (Wildman–Crippen LogP) is 4.25. The fraction of sp³-hybridized carbons (Fsp3) is 0.105. The van der Waals surface area contributed by atoms with Crippen molar-refractivity contribution in [3.63, 3.8) is 0 Å². The number of rotatable bonds is 4. The Morgan fingerprint density at radius 1 is 1.20 bits per heavy atom. The first-order chi connectivity index (χ1) is 12.0. The largest absolute Gasteiger partial charge is 0.480 e. The number of halogens is 1. The Hall–Kier alpha value is -2.50. The molecule has 0 aliphatic heterocycles. The molecule has 0 amide bonds. The zero-order chi connectivity index (χ0) is 18.0. The van der Waals surface area contributed by atoms with Gasteiger partial charge in [-0.05, 0) is 18.2 Å². The molecule has 1 heterocycles. The molecule has 25 heavy (non-hydrogen) atoms. The van der Waals surface area contributed by atoms with E-state index in [-0.39, 0.29) is 6.54 Å². The molecule has 0 aliphatic rings. The molecular formula is C19H15ClN2O2S. The number of fused-ring (bicyclic) bond motifs is 1. The van der Waals surface area contributed by atoms with Crippen molar-refractivity contribution in [3.8, 4) is 11.3 Å². The van der Waals surface area contributed by atoms with Crippen LogP contribution in [0.5, 0.6) is 0 Å². The first kappa shape index (κ1) is 17.3. The molecule has 0 saturated carbocycles. The fourth-order valence-electron chi connectivity index (χ4n) is 2.64. The molecule has 4 nitrogen and oxygen atoms in total. The van der Waals surface area contributed by atoms with E-state index in [0.29, 0.717) is 15.7 Å². The maximum Gasteiger partial charge on any atom is 0.323 e. The van der Waals surface area contributed by atoms with Gasteiger partial charge >= 0.3 is 5.97 Å². The van der Waals surface area contributed by atoms with Gasteiger partial charge in [0.25, 0.3) is 0 Å². The number of carbonyl (C=O) groups is 1. The van der Waals surface area contributed by atoms with Gasteiger partial charge in [0.15, 0.2) is 0 Å². The summed E-state index contributed by atoms with van der Waals surface area (Å²) in [6, 6.07) is 17.0. The summed E-state index contributed by atoms with van der Waals surface area (Å²) in [6.45, 7) is -0.170. The third kappa shape index (κ3) is 3.62. The highest BCUT2D eigenvalue weighted by molar-refractivity contribution is 7.80. The average Bonchev–Trinajstić information content (AvgIpc) is 2.60. The molecule has 1 N–H and O–H groups in total. The molecule has 0 radical (unpaired) electrons. The van der Waals surface area contributed by atoms with Crippen LogP contribution >= 0.6 is 23.8 Å². The number of aromatic nitrogens is 1. The summed E-state index contributed by atoms with van der Waals surface area (Å²) in [5, 5.41) is 10.5. The van der Waals surface area contributed by atoms with Crippen molar-refractivity contribution >= 4 is 45.7 Å². The average molecular weight is 371 g/mol. The van der Waals surface area contributed by atoms with Gasteiger partial charge < -0.3 is 10.0 Å². The Labute approximate surface area is 155 Å². The van der Waals surface area contributed by atoms with Crippen LogP contribution in [0, 0.1) is 0 Å². The van der Waals surface area contributed by atoms with E-state index in [2.05, 4.69) is 0 Å². The van der Waals surface area contributed by atoms with Crippen LogP contribution in [0.3, 0.4) is 0 Å². The van der Waals surface area contributed by atoms with Crippen molar-refractivity contribution in [2.24, 2.45) is 0 Å². The normalized spacial score (nSPS) is 10.6. The van der Waals surface area contributed by atoms with E-state index in [1.165, 1.54) is 4.90 Å². The van der Waals surface area contributed by atoms with E-state index in [1.807, 2.05) is 54.6 Å². The van der Waals surface area contributed by atoms with Crippen molar-refractivity contribution in [1.82, 2.24) is 9.88 Å². The van der Waals surface area contributed by atoms with Crippen molar-refractivity contribution in [2.75, 3.05) is 13.6 Å². The van der Waals surface area contributed by atoms with Gasteiger partial charge in [0.2, 0.25) is 0 Å². The fourth-order valence-corrected chi connectivity index (χ4v) is 3.11. The Balaban J connectivity index is 2.18. The molecule has 0 fully saturated rings. The van der Waals surface area contributed by atoms with Gasteiger partial charge in [0, 0.05) is 28.6 Å². The Bertz CT molecular complexity index is 975. The number of carboxylic acid groups (broad SMARTS) is 1. The molecule has 3 rings (SSSR count). The maximum absolute atomic E-state index is 11.0. The molecule has 1 aromatic heterocycles. The Morgan fingerprint density at radius 2 is 1.88 bits per heavy atom. The van der Waals surface area contributed by atoms with Gasteiger partial charge in [-0.1, -0.05) is 60.2 Å². The van der Waals surface area contributed by atoms with Crippen LogP contribution in [0.15, 0.2) is 54.6 Å². The lowest BCUT2D eigenvalue weighted by Crippen LogP contribution is -2.31. The first-order valence-corrected chi connectivity index (χ1v) is 8.38. The quantitative estimate of drug-likeness (QED) is 0.696. The number of aliphatic carboxylic acids is 1. The highest BCUT2D eigenvalue weighted by atomic mass is 35.5. The zero-order valence-corrected chi connectivity index (χ0v) is 15.0. The molecule has 0 spiro atoms. The number of hydrogen-bond acceptors (Lipinski definition) is 3. The van der Waals surface area contributed by atoms with Crippen LogP contribution in [0.25, 0.3) is 22.2 Å². The maximum atomic E-state index is 11.0. The lowest BCUT2D eigenvalue weighted by atomic mass is 10.0. The van der Waals surface area contributed by atoms with Crippen LogP contribution < -0.4 is 0 Å². The highest BCUT2D eigenvalue weighted by Crippen LogP contribution is 2.30. The molecular weight excluding hydrogens is 356 g/mol. The van der Waals surface area contributed by atoms with E-state index in [9.17, 15) is 4.79 Å². The van der Waals surface area contributed by atoms with E-state index in [4.69, 9.17) is 33.9 Å². The minimum absolute atomic E-state index is 0.170. The highest BCUT2D eigenvalue weighted by Gasteiger charge is 2.16. The molecule has 0 bridgehead atoms. The minimum Gasteiger partial charge on any atom is -0.480 e. The van der Waals surface area contributed by atoms with Gasteiger partial charge in [-0.2, -0.15) is 0 Å². The number of hydrogen-bond donors (Lipinski definition) is 1. The first-order valence-electron chi connectivity index (χ1n) is 7.59. The summed E-state index contributed by atoms with van der Waals surface area (Å²) in [4.78, 5) is 17.7. The lowest BCUT2D eigenvalue weighted by Gasteiger charge is -2.20. The van der Waals surface area contributed by atoms with E-state index >= 15 is 0 Å². The topological polar surface area (TPSA) is 53.4 Å². The second kappa shape index (κ2) is 7.17. The number of pyridine rings is 1. The van der Waals surface area contributed by atoms with Crippen LogP contribution in [0.2, 0.25) is 5.02 Å². The third-order valence-electron chi connectivity index (χ3n) is 3.82. The number of carboxylic acids is 1. The van der Waals surface area contributed by atoms with Crippen molar-refractivity contribution in [1.29, 1.82) is 0 Å². The van der Waals surface area contributed by atoms with Crippen LogP contribution in [0.4, 0.5) is 0 Å². The number of thiocarbonyl (C=S) groups is 1. The molecule has 0 unspecified atom stereocenters. The van der Waals surface area contributed by atoms with Gasteiger partial charge in [-0.15, -0.1) is 0 Å². The number of para-hydroxylation sites is 1. The molecule has 0 atom stereocenters. The number of likely N-dealkylation sites (N-methyl/N-ethyl adjacent to an activating group) is 1. The molecule has 0 aliphatic carbocycles. The molecule has 2 aromatic carbocycles. The van der Waals surface area contributed by atoms with Gasteiger partial charge in [0.1, 0.15) is 11.5 Å². The van der Waals surface area contributed by atoms with Crippen LogP contribution in [0.1, 0.15) is 5.56 Å². The summed E-state index contributed by atoms with van der Waals surface area (Å²) >= 11 is 11.8. The lowest BCUT2D eigenvalue weighted by molar-refractivity contribution is -0.137. The monoisotopic (exact) mass is 370 g/mol. The second-order valence-corrected chi connectivity index (χ2v) is 6.40. The Kier molecular flexibility index (Phi) is 4.97. The third-order valence-corrected chi connectivity index (χ3v) is 4.68. The van der Waals surface area contributed by atoms with Crippen molar-refractivity contribution in [3.05, 3.63) is 65.2 Å². The molecule has 3 aromatic rings. The van der Waals surface area contributed by atoms with Crippen molar-refractivity contribution < 1.29 is 9.90 Å². The van der Waals surface area contributed by atoms with E-state index in [0.717, 1.165) is 22.0 Å². The number of nitrogens with zero attached hydrogens (tertiary/aromatic N) is 2. The summed E-state index contributed by atoms with van der Waals surface area (Å²) in [5.41, 5.74) is 3.05. The molecule has 6 heteroatoms. The summed E-state index contributed by atoms with van der Waals surface area (Å²) in [5.74, 6) is -0.936. The van der Waals surface area contributed by atoms with Gasteiger partial charge in [-0.25, -0.2) is 4.98 Å². The van der Waals surface area contributed by atoms with Crippen LogP contribution in [-0.4, -0.2) is 39.5 Å². The SMILES string of the molecule is CN(CC(=O)O)C(=S)c1cc(-c2ccccc2Cl)nc2ccccc12.